The van der Waals surface area contributed by atoms with Gasteiger partial charge in [-0.3, -0.25) is 10.3 Å². The number of benzene rings is 2. The fourth-order valence-corrected chi connectivity index (χ4v) is 3.42. The fourth-order valence-electron chi connectivity index (χ4n) is 3.29. The van der Waals surface area contributed by atoms with Gasteiger partial charge in [0, 0.05) is 43.3 Å². The van der Waals surface area contributed by atoms with Gasteiger partial charge in [-0.1, -0.05) is 29.8 Å². The van der Waals surface area contributed by atoms with Crippen LogP contribution >= 0.6 is 11.6 Å². The molecule has 2 aromatic rings. The van der Waals surface area contributed by atoms with Crippen LogP contribution < -0.4 is 4.74 Å². The summed E-state index contributed by atoms with van der Waals surface area (Å²) in [6.45, 7) is 9.41. The minimum Gasteiger partial charge on any atom is -0.492 e. The Morgan fingerprint density at radius 3 is 2.23 bits per heavy atom. The van der Waals surface area contributed by atoms with Crippen LogP contribution in [0.4, 0.5) is 0 Å². The van der Waals surface area contributed by atoms with Gasteiger partial charge >= 0.3 is 0 Å². The van der Waals surface area contributed by atoms with Gasteiger partial charge in [-0.05, 0) is 49.2 Å². The number of hydrogen-bond donors (Lipinski definition) is 1. The summed E-state index contributed by atoms with van der Waals surface area (Å²) in [4.78, 5) is 4.53. The van der Waals surface area contributed by atoms with Crippen LogP contribution in [0.15, 0.2) is 42.5 Å². The van der Waals surface area contributed by atoms with Gasteiger partial charge in [0.05, 0.1) is 0 Å². The van der Waals surface area contributed by atoms with Crippen molar-refractivity contribution in [3.8, 4) is 5.75 Å². The van der Waals surface area contributed by atoms with Gasteiger partial charge in [-0.2, -0.15) is 0 Å². The number of piperazine rings is 1. The maximum atomic E-state index is 8.40. The average Bonchev–Trinajstić information content (AvgIpc) is 2.65. The molecule has 0 spiro atoms. The Balaban J connectivity index is 1.45. The normalized spacial score (nSPS) is 15.1. The lowest BCUT2D eigenvalue weighted by Gasteiger charge is -2.36. The van der Waals surface area contributed by atoms with Gasteiger partial charge in [0.25, 0.3) is 0 Å². The summed E-state index contributed by atoms with van der Waals surface area (Å²) in [5.41, 5.74) is 3.29. The highest BCUT2D eigenvalue weighted by Crippen LogP contribution is 2.22. The van der Waals surface area contributed by atoms with Crippen LogP contribution in [0.2, 0.25) is 5.02 Å². The Labute approximate surface area is 160 Å². The lowest BCUT2D eigenvalue weighted by Crippen LogP contribution is -2.49. The lowest BCUT2D eigenvalue weighted by atomic mass is 10.1. The van der Waals surface area contributed by atoms with E-state index in [1.54, 1.807) is 0 Å². The molecule has 0 atom stereocenters. The zero-order valence-corrected chi connectivity index (χ0v) is 16.2. The fraction of sp³-hybridized carbons (Fsp3) is 0.381. The monoisotopic (exact) mass is 371 g/mol. The highest BCUT2D eigenvalue weighted by atomic mass is 35.5. The highest BCUT2D eigenvalue weighted by Gasteiger charge is 2.19. The molecule has 2 aromatic carbocycles. The van der Waals surface area contributed by atoms with Crippen molar-refractivity contribution in [1.29, 1.82) is 5.41 Å². The van der Waals surface area contributed by atoms with E-state index >= 15 is 0 Å². The molecule has 1 N–H and O–H groups in total. The highest BCUT2D eigenvalue weighted by molar-refractivity contribution is 6.30. The first kappa shape index (κ1) is 18.7. The Hall–Kier alpha value is -2.04. The molecule has 1 aliphatic rings. The third-order valence-electron chi connectivity index (χ3n) is 4.87. The molecular formula is C21H26ClN3O. The van der Waals surface area contributed by atoms with Crippen LogP contribution in [0.3, 0.4) is 0 Å². The second kappa shape index (κ2) is 8.56. The van der Waals surface area contributed by atoms with Crippen molar-refractivity contribution in [2.24, 2.45) is 0 Å². The number of rotatable bonds is 5. The van der Waals surface area contributed by atoms with Crippen LogP contribution in [-0.2, 0) is 0 Å². The van der Waals surface area contributed by atoms with Crippen LogP contribution in [0, 0.1) is 19.3 Å². The third kappa shape index (κ3) is 4.57. The molecule has 1 heterocycles. The second-order valence-corrected chi connectivity index (χ2v) is 7.19. The smallest absolute Gasteiger partial charge is 0.128 e. The lowest BCUT2D eigenvalue weighted by molar-refractivity contribution is 0.153. The SMILES string of the molecule is Cc1cccc(C)c1OCCN1CCN(C(=N)c2ccc(Cl)cc2)CC1. The molecule has 0 unspecified atom stereocenters. The molecule has 26 heavy (non-hydrogen) atoms. The van der Waals surface area contributed by atoms with E-state index in [0.29, 0.717) is 17.5 Å². The molecule has 0 aromatic heterocycles. The van der Waals surface area contributed by atoms with Crippen LogP contribution in [0.25, 0.3) is 0 Å². The van der Waals surface area contributed by atoms with Gasteiger partial charge < -0.3 is 9.64 Å². The molecule has 0 saturated carbocycles. The number of para-hydroxylation sites is 1. The van der Waals surface area contributed by atoms with Crippen LogP contribution in [-0.4, -0.2) is 55.0 Å². The summed E-state index contributed by atoms with van der Waals surface area (Å²) in [6, 6.07) is 13.7. The third-order valence-corrected chi connectivity index (χ3v) is 5.12. The van der Waals surface area contributed by atoms with Gasteiger partial charge in [-0.15, -0.1) is 0 Å². The molecular weight excluding hydrogens is 346 g/mol. The van der Waals surface area contributed by atoms with Crippen molar-refractivity contribution >= 4 is 17.4 Å². The predicted molar refractivity (Wildman–Crippen MR) is 108 cm³/mol. The van der Waals surface area contributed by atoms with E-state index < -0.39 is 0 Å². The molecule has 0 radical (unpaired) electrons. The Kier molecular flexibility index (Phi) is 6.17. The summed E-state index contributed by atoms with van der Waals surface area (Å²) >= 11 is 5.93. The summed E-state index contributed by atoms with van der Waals surface area (Å²) in [5, 5.41) is 9.10. The first-order chi connectivity index (χ1) is 12.5. The molecule has 138 valence electrons. The summed E-state index contributed by atoms with van der Waals surface area (Å²) < 4.78 is 6.02. The number of ether oxygens (including phenoxy) is 1. The number of halogens is 1. The van der Waals surface area contributed by atoms with Gasteiger partial charge in [-0.25, -0.2) is 0 Å². The van der Waals surface area contributed by atoms with E-state index in [9.17, 15) is 0 Å². The Morgan fingerprint density at radius 2 is 1.62 bits per heavy atom. The maximum absolute atomic E-state index is 8.40. The molecule has 5 heteroatoms. The minimum absolute atomic E-state index is 0.577. The van der Waals surface area contributed by atoms with Crippen LogP contribution in [0.1, 0.15) is 16.7 Å². The van der Waals surface area contributed by atoms with Gasteiger partial charge in [0.2, 0.25) is 0 Å². The maximum Gasteiger partial charge on any atom is 0.128 e. The molecule has 0 amide bonds. The van der Waals surface area contributed by atoms with Crippen molar-refractivity contribution in [3.63, 3.8) is 0 Å². The summed E-state index contributed by atoms with van der Waals surface area (Å²) in [7, 11) is 0. The molecule has 1 saturated heterocycles. The van der Waals surface area contributed by atoms with E-state index in [-0.39, 0.29) is 0 Å². The Morgan fingerprint density at radius 1 is 1.00 bits per heavy atom. The minimum atomic E-state index is 0.577. The van der Waals surface area contributed by atoms with Gasteiger partial charge in [0.1, 0.15) is 18.2 Å². The van der Waals surface area contributed by atoms with Gasteiger partial charge in [0.15, 0.2) is 0 Å². The van der Waals surface area contributed by atoms with Crippen LogP contribution in [0.5, 0.6) is 5.75 Å². The standard InChI is InChI=1S/C21H26ClN3O/c1-16-4-3-5-17(2)20(16)26-15-14-24-10-12-25(13-11-24)21(23)18-6-8-19(22)9-7-18/h3-9,23H,10-15H2,1-2H3. The molecule has 4 nitrogen and oxygen atoms in total. The molecule has 1 aliphatic heterocycles. The zero-order valence-electron chi connectivity index (χ0n) is 15.5. The van der Waals surface area contributed by atoms with Crippen molar-refractivity contribution in [1.82, 2.24) is 9.80 Å². The first-order valence-electron chi connectivity index (χ1n) is 9.05. The van der Waals surface area contributed by atoms with E-state index in [4.69, 9.17) is 21.7 Å². The van der Waals surface area contributed by atoms with Crippen molar-refractivity contribution in [3.05, 3.63) is 64.2 Å². The van der Waals surface area contributed by atoms with Crippen molar-refractivity contribution < 1.29 is 4.74 Å². The van der Waals surface area contributed by atoms with E-state index in [0.717, 1.165) is 44.0 Å². The second-order valence-electron chi connectivity index (χ2n) is 6.75. The summed E-state index contributed by atoms with van der Waals surface area (Å²) in [5.74, 6) is 1.59. The first-order valence-corrected chi connectivity index (χ1v) is 9.43. The molecule has 0 bridgehead atoms. The summed E-state index contributed by atoms with van der Waals surface area (Å²) in [6.07, 6.45) is 0. The van der Waals surface area contributed by atoms with Crippen molar-refractivity contribution in [2.45, 2.75) is 13.8 Å². The number of nitrogens with one attached hydrogen (secondary N) is 1. The quantitative estimate of drug-likeness (QED) is 0.638. The van der Waals surface area contributed by atoms with Crippen molar-refractivity contribution in [2.75, 3.05) is 39.3 Å². The zero-order chi connectivity index (χ0) is 18.5. The number of aryl methyl sites for hydroxylation is 2. The topological polar surface area (TPSA) is 39.6 Å². The molecule has 0 aliphatic carbocycles. The number of nitrogens with zero attached hydrogens (tertiary/aromatic N) is 2. The number of hydrogen-bond acceptors (Lipinski definition) is 3. The largest absolute Gasteiger partial charge is 0.492 e. The van der Waals surface area contributed by atoms with E-state index in [1.807, 2.05) is 24.3 Å². The average molecular weight is 372 g/mol. The number of amidine groups is 1. The Bertz CT molecular complexity index is 732. The molecule has 1 fully saturated rings. The molecule has 3 rings (SSSR count). The predicted octanol–water partition coefficient (Wildman–Crippen LogP) is 3.98. The van der Waals surface area contributed by atoms with E-state index in [1.165, 1.54) is 11.1 Å². The van der Waals surface area contributed by atoms with E-state index in [2.05, 4.69) is 41.8 Å².